The van der Waals surface area contributed by atoms with Gasteiger partial charge in [0.1, 0.15) is 0 Å². The molecule has 0 saturated heterocycles. The Hall–Kier alpha value is -0.780. The third-order valence-corrected chi connectivity index (χ3v) is 3.28. The fourth-order valence-electron chi connectivity index (χ4n) is 2.21. The molecule has 1 radical (unpaired) electrons. The standard InChI is InChI=1S/C15H21/c1-2-3-4-5-8-13-9-6-7-10-15(13)14-11-12-14/h6-7,10,14H,2-5,8,11-12H2,1H3. The zero-order chi connectivity index (χ0) is 10.5. The molecule has 0 aliphatic heterocycles. The van der Waals surface area contributed by atoms with Gasteiger partial charge < -0.3 is 0 Å². The maximum Gasteiger partial charge on any atom is -0.0146 e. The van der Waals surface area contributed by atoms with Crippen LogP contribution in [0.2, 0.25) is 0 Å². The Morgan fingerprint density at radius 2 is 2.13 bits per heavy atom. The molecule has 0 nitrogen and oxygen atoms in total. The van der Waals surface area contributed by atoms with Crippen molar-refractivity contribution in [1.82, 2.24) is 0 Å². The molecular formula is C15H21. The topological polar surface area (TPSA) is 0 Å². The minimum atomic E-state index is 0.878. The maximum absolute atomic E-state index is 3.44. The van der Waals surface area contributed by atoms with E-state index in [9.17, 15) is 0 Å². The highest BCUT2D eigenvalue weighted by Gasteiger charge is 2.25. The summed E-state index contributed by atoms with van der Waals surface area (Å²) in [5.74, 6) is 0.878. The Bertz CT molecular complexity index is 297. The van der Waals surface area contributed by atoms with E-state index in [4.69, 9.17) is 0 Å². The molecule has 81 valence electrons. The molecule has 15 heavy (non-hydrogen) atoms. The molecule has 0 bridgehead atoms. The van der Waals surface area contributed by atoms with Crippen molar-refractivity contribution in [3.05, 3.63) is 35.4 Å². The highest BCUT2D eigenvalue weighted by atomic mass is 14.3. The summed E-state index contributed by atoms with van der Waals surface area (Å²) in [4.78, 5) is 0. The number of aryl methyl sites for hydroxylation is 1. The highest BCUT2D eigenvalue weighted by molar-refractivity contribution is 5.32. The van der Waals surface area contributed by atoms with Crippen LogP contribution < -0.4 is 0 Å². The van der Waals surface area contributed by atoms with Crippen molar-refractivity contribution >= 4 is 0 Å². The lowest BCUT2D eigenvalue weighted by Gasteiger charge is -2.07. The van der Waals surface area contributed by atoms with Crippen LogP contribution >= 0.6 is 0 Å². The summed E-state index contributed by atoms with van der Waals surface area (Å²) in [6.07, 6.45) is 9.48. The second kappa shape index (κ2) is 5.34. The Balaban J connectivity index is 1.89. The molecule has 0 N–H and O–H groups in total. The third kappa shape index (κ3) is 3.09. The quantitative estimate of drug-likeness (QED) is 0.595. The molecule has 0 aromatic heterocycles. The molecule has 0 amide bonds. The molecular weight excluding hydrogens is 180 g/mol. The normalized spacial score (nSPS) is 15.5. The molecule has 0 atom stereocenters. The van der Waals surface area contributed by atoms with Crippen LogP contribution in [-0.4, -0.2) is 0 Å². The predicted octanol–water partition coefficient (Wildman–Crippen LogP) is 4.49. The van der Waals surface area contributed by atoms with Crippen LogP contribution in [0.25, 0.3) is 0 Å². The van der Waals surface area contributed by atoms with E-state index in [1.165, 1.54) is 50.5 Å². The van der Waals surface area contributed by atoms with Gasteiger partial charge in [-0.15, -0.1) is 0 Å². The number of unbranched alkanes of at least 4 members (excludes halogenated alkanes) is 3. The van der Waals surface area contributed by atoms with Gasteiger partial charge in [-0.05, 0) is 48.8 Å². The van der Waals surface area contributed by atoms with Crippen molar-refractivity contribution in [2.24, 2.45) is 0 Å². The first-order valence-corrected chi connectivity index (χ1v) is 6.41. The van der Waals surface area contributed by atoms with Gasteiger partial charge in [0.25, 0.3) is 0 Å². The smallest absolute Gasteiger partial charge is 0.0146 e. The molecule has 0 unspecified atom stereocenters. The minimum absolute atomic E-state index is 0.878. The Labute approximate surface area is 93.7 Å². The van der Waals surface area contributed by atoms with Crippen LogP contribution in [0.15, 0.2) is 18.2 Å². The van der Waals surface area contributed by atoms with Crippen LogP contribution in [0.3, 0.4) is 0 Å². The average molecular weight is 201 g/mol. The van der Waals surface area contributed by atoms with Gasteiger partial charge in [0.05, 0.1) is 0 Å². The van der Waals surface area contributed by atoms with E-state index in [0.717, 1.165) is 5.92 Å². The highest BCUT2D eigenvalue weighted by Crippen LogP contribution is 2.41. The first kappa shape index (κ1) is 10.7. The lowest BCUT2D eigenvalue weighted by Crippen LogP contribution is -1.92. The predicted molar refractivity (Wildman–Crippen MR) is 65.1 cm³/mol. The van der Waals surface area contributed by atoms with Gasteiger partial charge in [0, 0.05) is 0 Å². The fourth-order valence-corrected chi connectivity index (χ4v) is 2.21. The monoisotopic (exact) mass is 201 g/mol. The Kier molecular flexibility index (Phi) is 3.82. The molecule has 1 aromatic rings. The molecule has 1 aliphatic rings. The summed E-state index contributed by atoms with van der Waals surface area (Å²) in [6.45, 7) is 2.27. The summed E-state index contributed by atoms with van der Waals surface area (Å²) in [5, 5.41) is 0. The van der Waals surface area contributed by atoms with Crippen molar-refractivity contribution in [3.8, 4) is 0 Å². The molecule has 1 saturated carbocycles. The SMILES string of the molecule is CCCCCCc1[c]cccc1C1CC1. The summed E-state index contributed by atoms with van der Waals surface area (Å²) < 4.78 is 0. The number of benzene rings is 1. The van der Waals surface area contributed by atoms with E-state index in [1.54, 1.807) is 5.56 Å². The lowest BCUT2D eigenvalue weighted by molar-refractivity contribution is 0.664. The van der Waals surface area contributed by atoms with Crippen LogP contribution in [0, 0.1) is 6.07 Å². The van der Waals surface area contributed by atoms with Crippen LogP contribution in [0.4, 0.5) is 0 Å². The van der Waals surface area contributed by atoms with Gasteiger partial charge in [-0.1, -0.05) is 44.4 Å². The van der Waals surface area contributed by atoms with Gasteiger partial charge in [0.2, 0.25) is 0 Å². The second-order valence-electron chi connectivity index (χ2n) is 4.69. The average Bonchev–Trinajstić information content (AvgIpc) is 3.09. The van der Waals surface area contributed by atoms with Gasteiger partial charge >= 0.3 is 0 Å². The van der Waals surface area contributed by atoms with Gasteiger partial charge in [0.15, 0.2) is 0 Å². The molecule has 2 rings (SSSR count). The third-order valence-electron chi connectivity index (χ3n) is 3.28. The van der Waals surface area contributed by atoms with E-state index in [0.29, 0.717) is 0 Å². The van der Waals surface area contributed by atoms with Crippen LogP contribution in [0.5, 0.6) is 0 Å². The van der Waals surface area contributed by atoms with Gasteiger partial charge in [-0.3, -0.25) is 0 Å². The van der Waals surface area contributed by atoms with Gasteiger partial charge in [-0.2, -0.15) is 0 Å². The van der Waals surface area contributed by atoms with E-state index < -0.39 is 0 Å². The van der Waals surface area contributed by atoms with Crippen LogP contribution in [0.1, 0.15) is 62.5 Å². The molecule has 0 heteroatoms. The van der Waals surface area contributed by atoms with Crippen molar-refractivity contribution in [2.75, 3.05) is 0 Å². The number of rotatable bonds is 6. The maximum atomic E-state index is 3.44. The van der Waals surface area contributed by atoms with E-state index in [-0.39, 0.29) is 0 Å². The summed E-state index contributed by atoms with van der Waals surface area (Å²) >= 11 is 0. The lowest BCUT2D eigenvalue weighted by atomic mass is 9.98. The molecule has 1 aliphatic carbocycles. The fraction of sp³-hybridized carbons (Fsp3) is 0.600. The number of hydrogen-bond acceptors (Lipinski definition) is 0. The van der Waals surface area contributed by atoms with E-state index in [2.05, 4.69) is 31.2 Å². The first-order valence-electron chi connectivity index (χ1n) is 6.41. The van der Waals surface area contributed by atoms with E-state index >= 15 is 0 Å². The second-order valence-corrected chi connectivity index (χ2v) is 4.69. The number of hydrogen-bond donors (Lipinski definition) is 0. The summed E-state index contributed by atoms with van der Waals surface area (Å²) in [5.41, 5.74) is 3.09. The first-order chi connectivity index (χ1) is 7.42. The Morgan fingerprint density at radius 3 is 2.87 bits per heavy atom. The van der Waals surface area contributed by atoms with Crippen molar-refractivity contribution in [3.63, 3.8) is 0 Å². The summed E-state index contributed by atoms with van der Waals surface area (Å²) in [7, 11) is 0. The van der Waals surface area contributed by atoms with Crippen molar-refractivity contribution in [1.29, 1.82) is 0 Å². The van der Waals surface area contributed by atoms with Crippen molar-refractivity contribution < 1.29 is 0 Å². The van der Waals surface area contributed by atoms with Crippen LogP contribution in [-0.2, 0) is 6.42 Å². The van der Waals surface area contributed by atoms with Gasteiger partial charge in [-0.25, -0.2) is 0 Å². The minimum Gasteiger partial charge on any atom is -0.0654 e. The zero-order valence-corrected chi connectivity index (χ0v) is 9.76. The Morgan fingerprint density at radius 1 is 1.27 bits per heavy atom. The van der Waals surface area contributed by atoms with Crippen molar-refractivity contribution in [2.45, 2.75) is 57.8 Å². The molecule has 1 aromatic carbocycles. The molecule has 0 heterocycles. The molecule has 0 spiro atoms. The summed E-state index contributed by atoms with van der Waals surface area (Å²) in [6, 6.07) is 9.96. The van der Waals surface area contributed by atoms with E-state index in [1.807, 2.05) is 0 Å². The zero-order valence-electron chi connectivity index (χ0n) is 9.76. The largest absolute Gasteiger partial charge is 0.0654 e. The molecule has 1 fully saturated rings.